The van der Waals surface area contributed by atoms with E-state index in [-0.39, 0.29) is 24.9 Å². The van der Waals surface area contributed by atoms with Gasteiger partial charge >= 0.3 is 5.97 Å². The molecule has 0 aliphatic carbocycles. The normalized spacial score (nSPS) is 11.9. The van der Waals surface area contributed by atoms with Crippen LogP contribution in [0.4, 0.5) is 0 Å². The Labute approximate surface area is 118 Å². The van der Waals surface area contributed by atoms with E-state index in [0.717, 1.165) is 6.42 Å². The van der Waals surface area contributed by atoms with Crippen molar-refractivity contribution in [3.63, 3.8) is 0 Å². The molecule has 1 aromatic rings. The lowest BCUT2D eigenvalue weighted by atomic mass is 10.1. The Morgan fingerprint density at radius 3 is 2.53 bits per heavy atom. The summed E-state index contributed by atoms with van der Waals surface area (Å²) >= 11 is 6.01. The number of aliphatic carboxylic acids is 1. The molecule has 0 fully saturated rings. The maximum absolute atomic E-state index is 12.4. The smallest absolute Gasteiger partial charge is 0.305 e. The Kier molecular flexibility index (Phi) is 5.83. The van der Waals surface area contributed by atoms with Crippen LogP contribution in [0.5, 0.6) is 0 Å². The highest BCUT2D eigenvalue weighted by Gasteiger charge is 2.22. The molecule has 0 radical (unpaired) electrons. The third kappa shape index (κ3) is 4.24. The van der Waals surface area contributed by atoms with E-state index in [0.29, 0.717) is 10.6 Å². The van der Waals surface area contributed by atoms with E-state index in [9.17, 15) is 9.59 Å². The number of carboxylic acid groups (broad SMARTS) is 1. The van der Waals surface area contributed by atoms with Gasteiger partial charge in [0.25, 0.3) is 5.91 Å². The van der Waals surface area contributed by atoms with E-state index in [4.69, 9.17) is 16.7 Å². The molecule has 5 heteroatoms. The highest BCUT2D eigenvalue weighted by atomic mass is 35.5. The van der Waals surface area contributed by atoms with Crippen LogP contribution in [0, 0.1) is 0 Å². The predicted molar refractivity (Wildman–Crippen MR) is 74.5 cm³/mol. The molecule has 0 aliphatic rings. The van der Waals surface area contributed by atoms with E-state index in [1.54, 1.807) is 29.2 Å². The molecule has 1 unspecified atom stereocenters. The molecule has 0 heterocycles. The molecule has 104 valence electrons. The summed E-state index contributed by atoms with van der Waals surface area (Å²) in [5.41, 5.74) is 0.412. The third-order valence-corrected chi connectivity index (χ3v) is 3.38. The number of hydrogen-bond acceptors (Lipinski definition) is 2. The van der Waals surface area contributed by atoms with Gasteiger partial charge < -0.3 is 10.0 Å². The second-order valence-corrected chi connectivity index (χ2v) is 4.79. The lowest BCUT2D eigenvalue weighted by Crippen LogP contribution is -2.39. The topological polar surface area (TPSA) is 57.6 Å². The van der Waals surface area contributed by atoms with Crippen molar-refractivity contribution in [1.29, 1.82) is 0 Å². The van der Waals surface area contributed by atoms with Crippen LogP contribution in [-0.4, -0.2) is 34.5 Å². The Morgan fingerprint density at radius 2 is 2.00 bits per heavy atom. The van der Waals surface area contributed by atoms with Crippen LogP contribution < -0.4 is 0 Å². The molecule has 0 aliphatic heterocycles. The highest BCUT2D eigenvalue weighted by molar-refractivity contribution is 6.33. The lowest BCUT2D eigenvalue weighted by molar-refractivity contribution is -0.137. The van der Waals surface area contributed by atoms with Gasteiger partial charge in [-0.15, -0.1) is 0 Å². The van der Waals surface area contributed by atoms with Crippen LogP contribution >= 0.6 is 11.6 Å². The average Bonchev–Trinajstić information content (AvgIpc) is 2.38. The van der Waals surface area contributed by atoms with Crippen molar-refractivity contribution in [2.24, 2.45) is 0 Å². The number of carboxylic acids is 1. The van der Waals surface area contributed by atoms with Gasteiger partial charge in [-0.05, 0) is 25.5 Å². The Hall–Kier alpha value is -1.55. The van der Waals surface area contributed by atoms with Gasteiger partial charge in [-0.25, -0.2) is 0 Å². The quantitative estimate of drug-likeness (QED) is 0.873. The van der Waals surface area contributed by atoms with Gasteiger partial charge in [-0.1, -0.05) is 30.7 Å². The Bertz CT molecular complexity index is 462. The number of nitrogens with zero attached hydrogens (tertiary/aromatic N) is 1. The van der Waals surface area contributed by atoms with E-state index in [2.05, 4.69) is 0 Å². The van der Waals surface area contributed by atoms with Crippen LogP contribution in [0.25, 0.3) is 0 Å². The van der Waals surface area contributed by atoms with Crippen LogP contribution in [0.1, 0.15) is 37.0 Å². The van der Waals surface area contributed by atoms with Crippen molar-refractivity contribution < 1.29 is 14.7 Å². The van der Waals surface area contributed by atoms with Gasteiger partial charge in [0, 0.05) is 12.6 Å². The fourth-order valence-corrected chi connectivity index (χ4v) is 1.96. The summed E-state index contributed by atoms with van der Waals surface area (Å²) < 4.78 is 0. The van der Waals surface area contributed by atoms with Gasteiger partial charge in [0.1, 0.15) is 0 Å². The number of benzene rings is 1. The minimum atomic E-state index is -0.916. The number of halogens is 1. The van der Waals surface area contributed by atoms with Crippen molar-refractivity contribution in [1.82, 2.24) is 4.90 Å². The second-order valence-electron chi connectivity index (χ2n) is 4.38. The number of amides is 1. The zero-order valence-corrected chi connectivity index (χ0v) is 11.9. The van der Waals surface area contributed by atoms with E-state index < -0.39 is 5.97 Å². The predicted octanol–water partition coefficient (Wildman–Crippen LogP) is 3.06. The summed E-state index contributed by atoms with van der Waals surface area (Å²) in [4.78, 5) is 24.7. The minimum Gasteiger partial charge on any atom is -0.481 e. The van der Waals surface area contributed by atoms with Crippen molar-refractivity contribution in [2.75, 3.05) is 6.54 Å². The molecular weight excluding hydrogens is 266 g/mol. The van der Waals surface area contributed by atoms with E-state index >= 15 is 0 Å². The zero-order chi connectivity index (χ0) is 14.4. The first kappa shape index (κ1) is 15.5. The molecule has 1 N–H and O–H groups in total. The van der Waals surface area contributed by atoms with Gasteiger partial charge in [-0.3, -0.25) is 9.59 Å². The summed E-state index contributed by atoms with van der Waals surface area (Å²) in [5.74, 6) is -1.14. The third-order valence-electron chi connectivity index (χ3n) is 3.05. The van der Waals surface area contributed by atoms with Crippen LogP contribution in [-0.2, 0) is 4.79 Å². The lowest BCUT2D eigenvalue weighted by Gasteiger charge is -2.28. The van der Waals surface area contributed by atoms with Crippen molar-refractivity contribution in [2.45, 2.75) is 32.7 Å². The molecular formula is C14H18ClNO3. The molecule has 1 aromatic carbocycles. The number of hydrogen-bond donors (Lipinski definition) is 1. The zero-order valence-electron chi connectivity index (χ0n) is 11.1. The first-order chi connectivity index (χ1) is 8.97. The standard InChI is InChI=1S/C14H18ClNO3/c1-3-10(2)16(9-8-13(17)18)14(19)11-6-4-5-7-12(11)15/h4-7,10H,3,8-9H2,1-2H3,(H,17,18). The first-order valence-corrected chi connectivity index (χ1v) is 6.62. The SMILES string of the molecule is CCC(C)N(CCC(=O)O)C(=O)c1ccccc1Cl. The molecule has 1 atom stereocenters. The highest BCUT2D eigenvalue weighted by Crippen LogP contribution is 2.19. The molecule has 4 nitrogen and oxygen atoms in total. The molecule has 1 rings (SSSR count). The van der Waals surface area contributed by atoms with Gasteiger partial charge in [0.05, 0.1) is 17.0 Å². The van der Waals surface area contributed by atoms with Crippen molar-refractivity contribution in [3.8, 4) is 0 Å². The summed E-state index contributed by atoms with van der Waals surface area (Å²) in [6.45, 7) is 4.04. The Balaban J connectivity index is 2.94. The van der Waals surface area contributed by atoms with Crippen LogP contribution in [0.3, 0.4) is 0 Å². The largest absolute Gasteiger partial charge is 0.481 e. The summed E-state index contributed by atoms with van der Waals surface area (Å²) in [7, 11) is 0. The average molecular weight is 284 g/mol. The molecule has 0 bridgehead atoms. The maximum Gasteiger partial charge on any atom is 0.305 e. The Morgan fingerprint density at radius 1 is 1.37 bits per heavy atom. The molecule has 0 spiro atoms. The summed E-state index contributed by atoms with van der Waals surface area (Å²) in [6.07, 6.45) is 0.691. The van der Waals surface area contributed by atoms with Gasteiger partial charge in [-0.2, -0.15) is 0 Å². The maximum atomic E-state index is 12.4. The van der Waals surface area contributed by atoms with Crippen molar-refractivity contribution in [3.05, 3.63) is 34.9 Å². The summed E-state index contributed by atoms with van der Waals surface area (Å²) in [6, 6.07) is 6.78. The van der Waals surface area contributed by atoms with Gasteiger partial charge in [0.2, 0.25) is 0 Å². The monoisotopic (exact) mass is 283 g/mol. The molecule has 0 aromatic heterocycles. The molecule has 1 amide bonds. The van der Waals surface area contributed by atoms with E-state index in [1.807, 2.05) is 13.8 Å². The first-order valence-electron chi connectivity index (χ1n) is 6.24. The molecule has 0 saturated carbocycles. The van der Waals surface area contributed by atoms with Gasteiger partial charge in [0.15, 0.2) is 0 Å². The summed E-state index contributed by atoms with van der Waals surface area (Å²) in [5, 5.41) is 9.15. The van der Waals surface area contributed by atoms with Crippen molar-refractivity contribution >= 4 is 23.5 Å². The van der Waals surface area contributed by atoms with E-state index in [1.165, 1.54) is 0 Å². The fourth-order valence-electron chi connectivity index (χ4n) is 1.75. The molecule has 0 saturated heterocycles. The fraction of sp³-hybridized carbons (Fsp3) is 0.429. The van der Waals surface area contributed by atoms with Crippen LogP contribution in [0.2, 0.25) is 5.02 Å². The van der Waals surface area contributed by atoms with Crippen LogP contribution in [0.15, 0.2) is 24.3 Å². The number of carbonyl (C=O) groups is 2. The number of rotatable bonds is 6. The molecule has 19 heavy (non-hydrogen) atoms. The second kappa shape index (κ2) is 7.14. The number of carbonyl (C=O) groups excluding carboxylic acids is 1. The minimum absolute atomic E-state index is 0.0249.